The fraction of sp³-hybridized carbons (Fsp3) is 0.111. The number of phenolic OH excluding ortho intramolecular Hbond substituents is 1. The quantitative estimate of drug-likeness (QED) is 0.675. The molecule has 1 aromatic rings. The highest BCUT2D eigenvalue weighted by molar-refractivity contribution is 8.04. The van der Waals surface area contributed by atoms with Gasteiger partial charge in [-0.3, -0.25) is 0 Å². The smallest absolute Gasteiger partial charge is 0.453 e. The van der Waals surface area contributed by atoms with E-state index in [0.717, 1.165) is 0 Å². The van der Waals surface area contributed by atoms with E-state index in [1.807, 2.05) is 5.25 Å². The van der Waals surface area contributed by atoms with Crippen LogP contribution in [-0.4, -0.2) is 10.6 Å². The molecule has 0 saturated carbocycles. The predicted octanol–water partition coefficient (Wildman–Crippen LogP) is 2.95. The van der Waals surface area contributed by atoms with Gasteiger partial charge in [-0.1, -0.05) is 12.0 Å². The minimum Gasteiger partial charge on any atom is -0.508 e. The van der Waals surface area contributed by atoms with Gasteiger partial charge >= 0.3 is 5.51 Å². The fourth-order valence-corrected chi connectivity index (χ4v) is 1.01. The Balaban J connectivity index is 2.69. The summed E-state index contributed by atoms with van der Waals surface area (Å²) < 4.78 is 34.9. The third-order valence-electron chi connectivity index (χ3n) is 1.21. The molecule has 0 bridgehead atoms. The molecule has 0 saturated heterocycles. The number of thioether (sulfide) groups is 1. The van der Waals surface area contributed by atoms with Crippen molar-refractivity contribution in [2.45, 2.75) is 5.51 Å². The number of phenols is 1. The van der Waals surface area contributed by atoms with Gasteiger partial charge in [-0.25, -0.2) is 0 Å². The average Bonchev–Trinajstić information content (AvgIpc) is 2.01. The molecule has 0 radical (unpaired) electrons. The minimum atomic E-state index is -4.34. The van der Waals surface area contributed by atoms with Crippen LogP contribution in [0.3, 0.4) is 0 Å². The molecular weight excluding hydrogens is 213 g/mol. The van der Waals surface area contributed by atoms with Crippen LogP contribution in [-0.2, 0) is 0 Å². The second-order valence-corrected chi connectivity index (χ2v) is 3.20. The van der Waals surface area contributed by atoms with Crippen LogP contribution in [0.4, 0.5) is 13.2 Å². The molecule has 1 aromatic carbocycles. The zero-order valence-corrected chi connectivity index (χ0v) is 7.62. The number of alkyl halides is 3. The van der Waals surface area contributed by atoms with Crippen LogP contribution >= 0.6 is 11.8 Å². The SMILES string of the molecule is Oc1cccc(C#CSC(F)(F)F)c1. The zero-order chi connectivity index (χ0) is 10.6. The minimum absolute atomic E-state index is 0.0196. The van der Waals surface area contributed by atoms with Gasteiger partial charge in [-0.15, -0.1) is 0 Å². The number of hydrogen-bond acceptors (Lipinski definition) is 2. The molecule has 1 N–H and O–H groups in total. The third-order valence-corrected chi connectivity index (χ3v) is 1.64. The molecule has 74 valence electrons. The highest BCUT2D eigenvalue weighted by atomic mass is 32.2. The van der Waals surface area contributed by atoms with Crippen molar-refractivity contribution in [1.29, 1.82) is 0 Å². The molecule has 0 atom stereocenters. The van der Waals surface area contributed by atoms with Gasteiger partial charge in [0.05, 0.1) is 0 Å². The summed E-state index contributed by atoms with van der Waals surface area (Å²) in [7, 11) is 0. The number of halogens is 3. The van der Waals surface area contributed by atoms with Crippen molar-refractivity contribution < 1.29 is 18.3 Å². The topological polar surface area (TPSA) is 20.2 Å². The van der Waals surface area contributed by atoms with Gasteiger partial charge in [0.15, 0.2) is 0 Å². The van der Waals surface area contributed by atoms with Gasteiger partial charge in [0, 0.05) is 17.3 Å². The summed E-state index contributed by atoms with van der Waals surface area (Å²) in [6, 6.07) is 5.74. The highest BCUT2D eigenvalue weighted by Crippen LogP contribution is 2.29. The van der Waals surface area contributed by atoms with Gasteiger partial charge in [-0.05, 0) is 23.5 Å². The summed E-state index contributed by atoms with van der Waals surface area (Å²) in [4.78, 5) is 0. The predicted molar refractivity (Wildman–Crippen MR) is 48.6 cm³/mol. The Morgan fingerprint density at radius 2 is 2.00 bits per heavy atom. The maximum Gasteiger partial charge on any atom is 0.453 e. The van der Waals surface area contributed by atoms with E-state index in [4.69, 9.17) is 5.11 Å². The van der Waals surface area contributed by atoms with Crippen molar-refractivity contribution in [2.75, 3.05) is 0 Å². The Morgan fingerprint density at radius 3 is 2.57 bits per heavy atom. The summed E-state index contributed by atoms with van der Waals surface area (Å²) in [6.45, 7) is 0. The molecule has 0 unspecified atom stereocenters. The van der Waals surface area contributed by atoms with E-state index in [2.05, 4.69) is 5.92 Å². The molecule has 0 fully saturated rings. The first-order valence-electron chi connectivity index (χ1n) is 3.52. The van der Waals surface area contributed by atoms with E-state index >= 15 is 0 Å². The number of benzene rings is 1. The lowest BCUT2D eigenvalue weighted by molar-refractivity contribution is -0.0318. The second kappa shape index (κ2) is 4.29. The summed E-state index contributed by atoms with van der Waals surface area (Å²) in [5.41, 5.74) is -3.99. The molecule has 0 amide bonds. The summed E-state index contributed by atoms with van der Waals surface area (Å²) >= 11 is -0.408. The Kier molecular flexibility index (Phi) is 3.31. The number of rotatable bonds is 0. The van der Waals surface area contributed by atoms with Crippen molar-refractivity contribution in [2.24, 2.45) is 0 Å². The molecule has 0 aliphatic rings. The van der Waals surface area contributed by atoms with Gasteiger partial charge in [0.1, 0.15) is 5.75 Å². The summed E-state index contributed by atoms with van der Waals surface area (Å²) in [6.07, 6.45) is 0. The molecule has 0 aromatic heterocycles. The Labute approximate surface area is 82.9 Å². The normalized spacial score (nSPS) is 10.5. The molecular formula is C9H5F3OS. The van der Waals surface area contributed by atoms with Crippen LogP contribution in [0.25, 0.3) is 0 Å². The molecule has 1 rings (SSSR count). The fourth-order valence-electron chi connectivity index (χ4n) is 0.726. The van der Waals surface area contributed by atoms with Crippen LogP contribution in [0.15, 0.2) is 24.3 Å². The summed E-state index contributed by atoms with van der Waals surface area (Å²) in [5, 5.41) is 10.9. The Hall–Kier alpha value is -1.28. The van der Waals surface area contributed by atoms with E-state index in [0.29, 0.717) is 5.56 Å². The van der Waals surface area contributed by atoms with Crippen LogP contribution in [0.2, 0.25) is 0 Å². The van der Waals surface area contributed by atoms with Crippen LogP contribution in [0.1, 0.15) is 5.56 Å². The van der Waals surface area contributed by atoms with Crippen molar-refractivity contribution >= 4 is 11.8 Å². The van der Waals surface area contributed by atoms with E-state index in [9.17, 15) is 13.2 Å². The lowest BCUT2D eigenvalue weighted by atomic mass is 10.2. The highest BCUT2D eigenvalue weighted by Gasteiger charge is 2.27. The first-order valence-corrected chi connectivity index (χ1v) is 4.34. The Morgan fingerprint density at radius 1 is 1.29 bits per heavy atom. The van der Waals surface area contributed by atoms with Gasteiger partial charge in [0.2, 0.25) is 0 Å². The monoisotopic (exact) mass is 218 g/mol. The van der Waals surface area contributed by atoms with Gasteiger partial charge in [-0.2, -0.15) is 13.2 Å². The molecule has 0 aliphatic heterocycles. The van der Waals surface area contributed by atoms with E-state index in [-0.39, 0.29) is 5.75 Å². The van der Waals surface area contributed by atoms with E-state index in [1.54, 1.807) is 0 Å². The first kappa shape index (κ1) is 10.8. The maximum absolute atomic E-state index is 11.6. The average molecular weight is 218 g/mol. The van der Waals surface area contributed by atoms with Crippen LogP contribution in [0, 0.1) is 11.2 Å². The van der Waals surface area contributed by atoms with Crippen molar-refractivity contribution in [3.8, 4) is 16.9 Å². The van der Waals surface area contributed by atoms with Crippen molar-refractivity contribution in [3.63, 3.8) is 0 Å². The van der Waals surface area contributed by atoms with Gasteiger partial charge < -0.3 is 5.11 Å². The van der Waals surface area contributed by atoms with Gasteiger partial charge in [0.25, 0.3) is 0 Å². The molecule has 0 aliphatic carbocycles. The van der Waals surface area contributed by atoms with Crippen LogP contribution in [0.5, 0.6) is 5.75 Å². The molecule has 1 nitrogen and oxygen atoms in total. The molecule has 5 heteroatoms. The molecule has 0 spiro atoms. The number of aromatic hydroxyl groups is 1. The standard InChI is InChI=1S/C9H5F3OS/c10-9(11,12)14-5-4-7-2-1-3-8(13)6-7/h1-3,6,13H. The third kappa shape index (κ3) is 4.10. The Bertz CT molecular complexity index is 376. The van der Waals surface area contributed by atoms with Crippen molar-refractivity contribution in [3.05, 3.63) is 29.8 Å². The van der Waals surface area contributed by atoms with E-state index < -0.39 is 17.3 Å². The lowest BCUT2D eigenvalue weighted by Gasteiger charge is -1.96. The zero-order valence-electron chi connectivity index (χ0n) is 6.80. The van der Waals surface area contributed by atoms with Crippen molar-refractivity contribution in [1.82, 2.24) is 0 Å². The molecule has 14 heavy (non-hydrogen) atoms. The lowest BCUT2D eigenvalue weighted by Crippen LogP contribution is -1.96. The largest absolute Gasteiger partial charge is 0.508 e. The second-order valence-electron chi connectivity index (χ2n) is 2.33. The van der Waals surface area contributed by atoms with Crippen LogP contribution < -0.4 is 0 Å². The first-order chi connectivity index (χ1) is 6.47. The molecule has 0 heterocycles. The summed E-state index contributed by atoms with van der Waals surface area (Å²) in [5.74, 6) is 2.26. The number of hydrogen-bond donors (Lipinski definition) is 1. The maximum atomic E-state index is 11.6. The van der Waals surface area contributed by atoms with E-state index in [1.165, 1.54) is 24.3 Å².